The van der Waals surface area contributed by atoms with Crippen molar-refractivity contribution in [3.63, 3.8) is 0 Å². The zero-order chi connectivity index (χ0) is 10.7. The lowest BCUT2D eigenvalue weighted by Gasteiger charge is -2.11. The molecule has 2 aromatic rings. The van der Waals surface area contributed by atoms with Crippen LogP contribution < -0.4 is 4.90 Å². The van der Waals surface area contributed by atoms with E-state index in [0.29, 0.717) is 5.82 Å². The summed E-state index contributed by atoms with van der Waals surface area (Å²) in [5, 5.41) is 15.1. The van der Waals surface area contributed by atoms with E-state index < -0.39 is 0 Å². The van der Waals surface area contributed by atoms with E-state index in [1.807, 2.05) is 43.3 Å². The second-order valence-electron chi connectivity index (χ2n) is 3.31. The Morgan fingerprint density at radius 3 is 2.07 bits per heavy atom. The first-order valence-corrected chi connectivity index (χ1v) is 4.55. The van der Waals surface area contributed by atoms with Crippen molar-refractivity contribution in [2.24, 2.45) is 0 Å². The maximum absolute atomic E-state index is 3.89. The van der Waals surface area contributed by atoms with E-state index >= 15 is 0 Å². The SMILES string of the molecule is CN(C)c1ccc(-c2nncnn2)cc1. The molecule has 0 aliphatic rings. The summed E-state index contributed by atoms with van der Waals surface area (Å²) in [4.78, 5) is 2.03. The predicted molar refractivity (Wildman–Crippen MR) is 57.4 cm³/mol. The molecule has 0 amide bonds. The molecular formula is C10H11N5. The molecular weight excluding hydrogens is 190 g/mol. The van der Waals surface area contributed by atoms with Gasteiger partial charge >= 0.3 is 0 Å². The summed E-state index contributed by atoms with van der Waals surface area (Å²) >= 11 is 0. The van der Waals surface area contributed by atoms with Gasteiger partial charge in [-0.3, -0.25) is 0 Å². The van der Waals surface area contributed by atoms with Crippen LogP contribution in [-0.2, 0) is 0 Å². The van der Waals surface area contributed by atoms with Crippen LogP contribution in [0.2, 0.25) is 0 Å². The topological polar surface area (TPSA) is 54.8 Å². The van der Waals surface area contributed by atoms with Crippen molar-refractivity contribution in [3.05, 3.63) is 30.6 Å². The molecule has 0 fully saturated rings. The van der Waals surface area contributed by atoms with Gasteiger partial charge in [0.25, 0.3) is 0 Å². The maximum atomic E-state index is 3.89. The molecule has 15 heavy (non-hydrogen) atoms. The summed E-state index contributed by atoms with van der Waals surface area (Å²) in [7, 11) is 3.99. The van der Waals surface area contributed by atoms with E-state index in [9.17, 15) is 0 Å². The summed E-state index contributed by atoms with van der Waals surface area (Å²) in [6, 6.07) is 7.92. The molecule has 0 N–H and O–H groups in total. The van der Waals surface area contributed by atoms with Gasteiger partial charge in [0.15, 0.2) is 6.33 Å². The minimum absolute atomic E-state index is 0.544. The highest BCUT2D eigenvalue weighted by molar-refractivity contribution is 5.59. The number of aromatic nitrogens is 4. The van der Waals surface area contributed by atoms with E-state index in [1.54, 1.807) is 0 Å². The standard InChI is InChI=1S/C10H11N5/c1-15(2)9-5-3-8(4-6-9)10-13-11-7-12-14-10/h3-7H,1-2H3. The molecule has 0 unspecified atom stereocenters. The molecule has 0 saturated heterocycles. The Labute approximate surface area is 87.8 Å². The monoisotopic (exact) mass is 201 g/mol. The predicted octanol–water partition coefficient (Wildman–Crippen LogP) is 1.000. The summed E-state index contributed by atoms with van der Waals surface area (Å²) < 4.78 is 0. The number of hydrogen-bond donors (Lipinski definition) is 0. The van der Waals surface area contributed by atoms with Crippen LogP contribution in [0, 0.1) is 0 Å². The van der Waals surface area contributed by atoms with Crippen molar-refractivity contribution in [2.45, 2.75) is 0 Å². The van der Waals surface area contributed by atoms with Gasteiger partial charge in [-0.05, 0) is 24.3 Å². The lowest BCUT2D eigenvalue weighted by atomic mass is 10.2. The molecule has 0 radical (unpaired) electrons. The molecule has 76 valence electrons. The number of benzene rings is 1. The molecule has 5 nitrogen and oxygen atoms in total. The smallest absolute Gasteiger partial charge is 0.203 e. The third-order valence-electron chi connectivity index (χ3n) is 2.05. The summed E-state index contributed by atoms with van der Waals surface area (Å²) in [6.07, 6.45) is 1.32. The molecule has 0 aliphatic carbocycles. The average molecular weight is 201 g/mol. The first kappa shape index (κ1) is 9.51. The number of hydrogen-bond acceptors (Lipinski definition) is 5. The van der Waals surface area contributed by atoms with Crippen molar-refractivity contribution >= 4 is 5.69 Å². The maximum Gasteiger partial charge on any atom is 0.203 e. The van der Waals surface area contributed by atoms with Gasteiger partial charge in [0.2, 0.25) is 5.82 Å². The first-order chi connectivity index (χ1) is 7.27. The van der Waals surface area contributed by atoms with E-state index in [-0.39, 0.29) is 0 Å². The molecule has 1 aromatic heterocycles. The van der Waals surface area contributed by atoms with Crippen LogP contribution in [-0.4, -0.2) is 34.5 Å². The Bertz CT molecular complexity index is 423. The van der Waals surface area contributed by atoms with Crippen molar-refractivity contribution < 1.29 is 0 Å². The van der Waals surface area contributed by atoms with Crippen LogP contribution in [0.4, 0.5) is 5.69 Å². The molecule has 0 saturated carbocycles. The van der Waals surface area contributed by atoms with Crippen molar-refractivity contribution in [3.8, 4) is 11.4 Å². The molecule has 2 rings (SSSR count). The Kier molecular flexibility index (Phi) is 2.53. The van der Waals surface area contributed by atoms with E-state index in [4.69, 9.17) is 0 Å². The molecule has 1 heterocycles. The van der Waals surface area contributed by atoms with Gasteiger partial charge in [0, 0.05) is 25.3 Å². The molecule has 0 aliphatic heterocycles. The largest absolute Gasteiger partial charge is 0.378 e. The van der Waals surface area contributed by atoms with Gasteiger partial charge in [0.1, 0.15) is 0 Å². The fraction of sp³-hybridized carbons (Fsp3) is 0.200. The Balaban J connectivity index is 2.32. The molecule has 0 bridgehead atoms. The molecule has 0 spiro atoms. The van der Waals surface area contributed by atoms with Crippen LogP contribution in [0.3, 0.4) is 0 Å². The highest BCUT2D eigenvalue weighted by Crippen LogP contribution is 2.17. The van der Waals surface area contributed by atoms with Gasteiger partial charge in [-0.25, -0.2) is 0 Å². The van der Waals surface area contributed by atoms with Crippen molar-refractivity contribution in [1.82, 2.24) is 20.4 Å². The van der Waals surface area contributed by atoms with Gasteiger partial charge in [-0.2, -0.15) is 0 Å². The Morgan fingerprint density at radius 2 is 1.53 bits per heavy atom. The van der Waals surface area contributed by atoms with Crippen molar-refractivity contribution in [2.75, 3.05) is 19.0 Å². The van der Waals surface area contributed by atoms with Crippen LogP contribution in [0.1, 0.15) is 0 Å². The quantitative estimate of drug-likeness (QED) is 0.725. The second kappa shape index (κ2) is 4.00. The summed E-state index contributed by atoms with van der Waals surface area (Å²) in [5.74, 6) is 0.544. The number of rotatable bonds is 2. The van der Waals surface area contributed by atoms with Gasteiger partial charge in [-0.1, -0.05) is 0 Å². The lowest BCUT2D eigenvalue weighted by Crippen LogP contribution is -2.08. The van der Waals surface area contributed by atoms with Crippen LogP contribution in [0.25, 0.3) is 11.4 Å². The third kappa shape index (κ3) is 2.07. The lowest BCUT2D eigenvalue weighted by molar-refractivity contribution is 0.864. The van der Waals surface area contributed by atoms with Crippen LogP contribution in [0.5, 0.6) is 0 Å². The highest BCUT2D eigenvalue weighted by Gasteiger charge is 2.01. The first-order valence-electron chi connectivity index (χ1n) is 4.55. The fourth-order valence-corrected chi connectivity index (χ4v) is 1.23. The molecule has 1 aromatic carbocycles. The van der Waals surface area contributed by atoms with Gasteiger partial charge < -0.3 is 4.90 Å². The van der Waals surface area contributed by atoms with E-state index in [2.05, 4.69) is 20.4 Å². The summed E-state index contributed by atoms with van der Waals surface area (Å²) in [6.45, 7) is 0. The van der Waals surface area contributed by atoms with E-state index in [0.717, 1.165) is 11.3 Å². The second-order valence-corrected chi connectivity index (χ2v) is 3.31. The van der Waals surface area contributed by atoms with Crippen molar-refractivity contribution in [1.29, 1.82) is 0 Å². The highest BCUT2D eigenvalue weighted by atomic mass is 15.3. The fourth-order valence-electron chi connectivity index (χ4n) is 1.23. The minimum atomic E-state index is 0.544. The molecule has 0 atom stereocenters. The van der Waals surface area contributed by atoms with Crippen LogP contribution in [0.15, 0.2) is 30.6 Å². The zero-order valence-corrected chi connectivity index (χ0v) is 8.62. The minimum Gasteiger partial charge on any atom is -0.378 e. The zero-order valence-electron chi connectivity index (χ0n) is 8.62. The van der Waals surface area contributed by atoms with Crippen LogP contribution >= 0.6 is 0 Å². The van der Waals surface area contributed by atoms with E-state index in [1.165, 1.54) is 6.33 Å². The van der Waals surface area contributed by atoms with Gasteiger partial charge in [-0.15, -0.1) is 20.4 Å². The number of anilines is 1. The van der Waals surface area contributed by atoms with Gasteiger partial charge in [0.05, 0.1) is 0 Å². The Hall–Kier alpha value is -2.04. The molecule has 5 heteroatoms. The summed E-state index contributed by atoms with van der Waals surface area (Å²) in [5.41, 5.74) is 2.05. The number of nitrogens with zero attached hydrogens (tertiary/aromatic N) is 5. The average Bonchev–Trinajstić information content (AvgIpc) is 2.30. The Morgan fingerprint density at radius 1 is 0.933 bits per heavy atom. The third-order valence-corrected chi connectivity index (χ3v) is 2.05. The normalized spacial score (nSPS) is 10.0.